The van der Waals surface area contributed by atoms with Crippen LogP contribution < -0.4 is 15.4 Å². The largest absolute Gasteiger partial charge is 0.495 e. The maximum absolute atomic E-state index is 9.68. The minimum absolute atomic E-state index is 0.403. The molecule has 3 N–H and O–H groups in total. The summed E-state index contributed by atoms with van der Waals surface area (Å²) in [6, 6.07) is 7.74. The highest BCUT2D eigenvalue weighted by Crippen LogP contribution is 2.26. The van der Waals surface area contributed by atoms with Gasteiger partial charge in [-0.1, -0.05) is 12.1 Å². The van der Waals surface area contributed by atoms with Crippen molar-refractivity contribution >= 4 is 5.69 Å². The third kappa shape index (κ3) is 3.40. The molecule has 90 valence electrons. The number of likely N-dealkylation sites (N-methyl/N-ethyl adjacent to an activating group) is 1. The number of aliphatic hydroxyl groups excluding tert-OH is 1. The average molecular weight is 224 g/mol. The van der Waals surface area contributed by atoms with Gasteiger partial charge in [-0.3, -0.25) is 0 Å². The predicted molar refractivity (Wildman–Crippen MR) is 65.9 cm³/mol. The lowest BCUT2D eigenvalue weighted by Crippen LogP contribution is -2.30. The van der Waals surface area contributed by atoms with Crippen molar-refractivity contribution in [3.05, 3.63) is 24.3 Å². The van der Waals surface area contributed by atoms with Gasteiger partial charge in [0.15, 0.2) is 0 Å². The van der Waals surface area contributed by atoms with Gasteiger partial charge in [0, 0.05) is 13.6 Å². The van der Waals surface area contributed by atoms with E-state index in [1.807, 2.05) is 36.2 Å². The highest BCUT2D eigenvalue weighted by atomic mass is 16.5. The van der Waals surface area contributed by atoms with Gasteiger partial charge in [-0.15, -0.1) is 0 Å². The van der Waals surface area contributed by atoms with Gasteiger partial charge in [-0.25, -0.2) is 0 Å². The fourth-order valence-corrected chi connectivity index (χ4v) is 1.64. The van der Waals surface area contributed by atoms with Crippen molar-refractivity contribution in [2.75, 3.05) is 32.1 Å². The molecule has 1 atom stereocenters. The van der Waals surface area contributed by atoms with Crippen LogP contribution in [0.2, 0.25) is 0 Å². The van der Waals surface area contributed by atoms with E-state index in [1.54, 1.807) is 7.11 Å². The summed E-state index contributed by atoms with van der Waals surface area (Å²) >= 11 is 0. The molecule has 0 aliphatic carbocycles. The van der Waals surface area contributed by atoms with E-state index in [-0.39, 0.29) is 0 Å². The van der Waals surface area contributed by atoms with Crippen LogP contribution in [0.5, 0.6) is 5.75 Å². The van der Waals surface area contributed by atoms with Gasteiger partial charge in [0.05, 0.1) is 18.9 Å². The molecule has 0 amide bonds. The summed E-state index contributed by atoms with van der Waals surface area (Å²) in [6.45, 7) is 1.05. The van der Waals surface area contributed by atoms with Gasteiger partial charge >= 0.3 is 0 Å². The monoisotopic (exact) mass is 224 g/mol. The van der Waals surface area contributed by atoms with Crippen LogP contribution in [0, 0.1) is 0 Å². The Kier molecular flexibility index (Phi) is 5.08. The van der Waals surface area contributed by atoms with Crippen molar-refractivity contribution in [3.63, 3.8) is 0 Å². The number of hydrogen-bond acceptors (Lipinski definition) is 4. The minimum Gasteiger partial charge on any atom is -0.495 e. The van der Waals surface area contributed by atoms with Crippen LogP contribution in [0.3, 0.4) is 0 Å². The van der Waals surface area contributed by atoms with E-state index in [9.17, 15) is 5.11 Å². The standard InChI is InChI=1S/C12H20N2O2/c1-14(9-10(15)7-8-13)11-5-3-4-6-12(11)16-2/h3-6,10,15H,7-9,13H2,1-2H3. The number of ether oxygens (including phenoxy) is 1. The highest BCUT2D eigenvalue weighted by molar-refractivity contribution is 5.57. The smallest absolute Gasteiger partial charge is 0.142 e. The van der Waals surface area contributed by atoms with Gasteiger partial charge < -0.3 is 20.5 Å². The lowest BCUT2D eigenvalue weighted by atomic mass is 10.2. The number of para-hydroxylation sites is 2. The zero-order valence-electron chi connectivity index (χ0n) is 9.89. The van der Waals surface area contributed by atoms with E-state index in [1.165, 1.54) is 0 Å². The zero-order chi connectivity index (χ0) is 12.0. The van der Waals surface area contributed by atoms with Crippen LogP contribution in [-0.2, 0) is 0 Å². The molecule has 1 rings (SSSR count). The Bertz CT molecular complexity index is 318. The third-order valence-electron chi connectivity index (χ3n) is 2.48. The van der Waals surface area contributed by atoms with Crippen molar-refractivity contribution in [1.29, 1.82) is 0 Å². The molecule has 1 aromatic carbocycles. The quantitative estimate of drug-likeness (QED) is 0.752. The lowest BCUT2D eigenvalue weighted by Gasteiger charge is -2.24. The van der Waals surface area contributed by atoms with E-state index >= 15 is 0 Å². The number of rotatable bonds is 6. The summed E-state index contributed by atoms with van der Waals surface area (Å²) in [7, 11) is 3.57. The van der Waals surface area contributed by atoms with Crippen LogP contribution in [0.15, 0.2) is 24.3 Å². The number of anilines is 1. The second kappa shape index (κ2) is 6.35. The summed E-state index contributed by atoms with van der Waals surface area (Å²) in [5.74, 6) is 0.810. The molecule has 0 radical (unpaired) electrons. The summed E-state index contributed by atoms with van der Waals surface area (Å²) < 4.78 is 5.26. The molecule has 0 saturated heterocycles. The Labute approximate surface area is 96.6 Å². The van der Waals surface area contributed by atoms with Crippen molar-refractivity contribution in [2.45, 2.75) is 12.5 Å². The van der Waals surface area contributed by atoms with E-state index in [2.05, 4.69) is 0 Å². The number of hydrogen-bond donors (Lipinski definition) is 2. The second-order valence-corrected chi connectivity index (χ2v) is 3.78. The maximum atomic E-state index is 9.68. The SMILES string of the molecule is COc1ccccc1N(C)CC(O)CCN. The predicted octanol–water partition coefficient (Wildman–Crippen LogP) is 0.841. The third-order valence-corrected chi connectivity index (χ3v) is 2.48. The van der Waals surface area contributed by atoms with Crippen LogP contribution in [-0.4, -0.2) is 38.5 Å². The molecular formula is C12H20N2O2. The van der Waals surface area contributed by atoms with Gasteiger partial charge in [0.25, 0.3) is 0 Å². The molecule has 0 fully saturated rings. The molecule has 0 bridgehead atoms. The van der Waals surface area contributed by atoms with Gasteiger partial charge in [0.2, 0.25) is 0 Å². The first-order valence-electron chi connectivity index (χ1n) is 5.41. The Morgan fingerprint density at radius 1 is 1.44 bits per heavy atom. The van der Waals surface area contributed by atoms with Crippen LogP contribution in [0.25, 0.3) is 0 Å². The Hall–Kier alpha value is -1.26. The van der Waals surface area contributed by atoms with E-state index < -0.39 is 6.10 Å². The van der Waals surface area contributed by atoms with Crippen LogP contribution >= 0.6 is 0 Å². The summed E-state index contributed by atoms with van der Waals surface area (Å²) in [6.07, 6.45) is 0.208. The van der Waals surface area contributed by atoms with Gasteiger partial charge in [0.1, 0.15) is 5.75 Å². The highest BCUT2D eigenvalue weighted by Gasteiger charge is 2.11. The normalized spacial score (nSPS) is 12.2. The molecule has 0 aromatic heterocycles. The second-order valence-electron chi connectivity index (χ2n) is 3.78. The minimum atomic E-state index is -0.403. The van der Waals surface area contributed by atoms with Gasteiger partial charge in [-0.05, 0) is 25.1 Å². The van der Waals surface area contributed by atoms with E-state index in [0.29, 0.717) is 19.5 Å². The van der Waals surface area contributed by atoms with Crippen molar-refractivity contribution in [3.8, 4) is 5.75 Å². The number of nitrogens with zero attached hydrogens (tertiary/aromatic N) is 1. The van der Waals surface area contributed by atoms with Crippen molar-refractivity contribution in [1.82, 2.24) is 0 Å². The van der Waals surface area contributed by atoms with Crippen molar-refractivity contribution < 1.29 is 9.84 Å². The van der Waals surface area contributed by atoms with Crippen LogP contribution in [0.1, 0.15) is 6.42 Å². The van der Waals surface area contributed by atoms with Crippen molar-refractivity contribution in [2.24, 2.45) is 5.73 Å². The Morgan fingerprint density at radius 3 is 2.75 bits per heavy atom. The number of nitrogens with two attached hydrogens (primary N) is 1. The van der Waals surface area contributed by atoms with Gasteiger partial charge in [-0.2, -0.15) is 0 Å². The Morgan fingerprint density at radius 2 is 2.12 bits per heavy atom. The number of benzene rings is 1. The van der Waals surface area contributed by atoms with Crippen LogP contribution in [0.4, 0.5) is 5.69 Å². The first-order chi connectivity index (χ1) is 7.69. The fraction of sp³-hybridized carbons (Fsp3) is 0.500. The average Bonchev–Trinajstić information content (AvgIpc) is 2.29. The number of methoxy groups -OCH3 is 1. The first kappa shape index (κ1) is 12.8. The summed E-state index contributed by atoms with van der Waals surface area (Å²) in [4.78, 5) is 1.97. The lowest BCUT2D eigenvalue weighted by molar-refractivity contribution is 0.174. The molecule has 4 nitrogen and oxygen atoms in total. The van der Waals surface area contributed by atoms with E-state index in [0.717, 1.165) is 11.4 Å². The maximum Gasteiger partial charge on any atom is 0.142 e. The molecule has 0 heterocycles. The molecule has 1 unspecified atom stereocenters. The molecule has 16 heavy (non-hydrogen) atoms. The molecule has 0 spiro atoms. The molecule has 0 aliphatic rings. The van der Waals surface area contributed by atoms with E-state index in [4.69, 9.17) is 10.5 Å². The number of aliphatic hydroxyl groups is 1. The molecular weight excluding hydrogens is 204 g/mol. The summed E-state index contributed by atoms with van der Waals surface area (Å²) in [5.41, 5.74) is 6.37. The molecule has 1 aromatic rings. The molecule has 4 heteroatoms. The summed E-state index contributed by atoms with van der Waals surface area (Å²) in [5, 5.41) is 9.68. The topological polar surface area (TPSA) is 58.7 Å². The zero-order valence-corrected chi connectivity index (χ0v) is 9.89. The molecule has 0 saturated carbocycles. The Balaban J connectivity index is 2.68. The molecule has 0 aliphatic heterocycles. The fourth-order valence-electron chi connectivity index (χ4n) is 1.64. The first-order valence-corrected chi connectivity index (χ1v) is 5.41.